The van der Waals surface area contributed by atoms with E-state index < -0.39 is 5.97 Å². The van der Waals surface area contributed by atoms with Gasteiger partial charge in [-0.25, -0.2) is 9.78 Å². The summed E-state index contributed by atoms with van der Waals surface area (Å²) in [5.41, 5.74) is -0.0346. The van der Waals surface area contributed by atoms with E-state index in [0.717, 1.165) is 3.57 Å². The Morgan fingerprint density at radius 3 is 2.72 bits per heavy atom. The molecule has 4 nitrogen and oxygen atoms in total. The molecule has 0 fully saturated rings. The minimum atomic E-state index is -1.12. The second-order valence-electron chi connectivity index (χ2n) is 3.32. The second-order valence-corrected chi connectivity index (χ2v) is 4.86. The summed E-state index contributed by atoms with van der Waals surface area (Å²) in [6.45, 7) is 0. The molecule has 0 saturated carbocycles. The van der Waals surface area contributed by atoms with E-state index in [4.69, 9.17) is 21.4 Å². The maximum absolute atomic E-state index is 10.9. The lowest BCUT2D eigenvalue weighted by atomic mass is 10.2. The molecule has 0 bridgehead atoms. The van der Waals surface area contributed by atoms with Gasteiger partial charge in [-0.3, -0.25) is 0 Å². The standard InChI is InChI=1S/C12H7ClINO3/c13-10-7(12(16)17)5-6-15-11(10)18-9-4-2-1-3-8(9)14/h1-6H,(H,16,17). The molecule has 1 N–H and O–H groups in total. The molecule has 1 heterocycles. The normalized spacial score (nSPS) is 10.1. The molecular formula is C12H7ClINO3. The van der Waals surface area contributed by atoms with Gasteiger partial charge < -0.3 is 9.84 Å². The van der Waals surface area contributed by atoms with Gasteiger partial charge in [-0.1, -0.05) is 23.7 Å². The third-order valence-corrected chi connectivity index (χ3v) is 3.39. The molecule has 1 aromatic heterocycles. The molecule has 18 heavy (non-hydrogen) atoms. The van der Waals surface area contributed by atoms with Crippen LogP contribution >= 0.6 is 34.2 Å². The van der Waals surface area contributed by atoms with Gasteiger partial charge in [0.15, 0.2) is 0 Å². The lowest BCUT2D eigenvalue weighted by Crippen LogP contribution is -2.00. The third kappa shape index (κ3) is 2.73. The molecule has 0 aliphatic heterocycles. The number of carboxylic acid groups (broad SMARTS) is 1. The van der Waals surface area contributed by atoms with Crippen molar-refractivity contribution in [2.24, 2.45) is 0 Å². The van der Waals surface area contributed by atoms with Crippen molar-refractivity contribution in [1.82, 2.24) is 4.98 Å². The molecule has 6 heteroatoms. The number of para-hydroxylation sites is 1. The monoisotopic (exact) mass is 375 g/mol. The van der Waals surface area contributed by atoms with E-state index >= 15 is 0 Å². The maximum Gasteiger partial charge on any atom is 0.337 e. The predicted molar refractivity (Wildman–Crippen MR) is 75.4 cm³/mol. The Morgan fingerprint density at radius 1 is 1.33 bits per heavy atom. The Kier molecular flexibility index (Phi) is 4.03. The van der Waals surface area contributed by atoms with Crippen molar-refractivity contribution in [2.45, 2.75) is 0 Å². The number of aromatic nitrogens is 1. The Bertz CT molecular complexity index is 604. The molecule has 0 radical (unpaired) electrons. The maximum atomic E-state index is 10.9. The minimum Gasteiger partial charge on any atom is -0.478 e. The van der Waals surface area contributed by atoms with Gasteiger partial charge in [0.2, 0.25) is 5.88 Å². The molecule has 0 saturated heterocycles. The number of aromatic carboxylic acids is 1. The molecule has 0 amide bonds. The largest absolute Gasteiger partial charge is 0.478 e. The fraction of sp³-hybridized carbons (Fsp3) is 0. The molecule has 1 aromatic carbocycles. The number of hydrogen-bond acceptors (Lipinski definition) is 3. The smallest absolute Gasteiger partial charge is 0.337 e. The average Bonchev–Trinajstić information content (AvgIpc) is 2.34. The first-order chi connectivity index (χ1) is 8.59. The number of pyridine rings is 1. The highest BCUT2D eigenvalue weighted by Crippen LogP contribution is 2.31. The Hall–Kier alpha value is -1.34. The average molecular weight is 376 g/mol. The van der Waals surface area contributed by atoms with Gasteiger partial charge in [0, 0.05) is 6.20 Å². The van der Waals surface area contributed by atoms with Gasteiger partial charge in [-0.05, 0) is 40.8 Å². The quantitative estimate of drug-likeness (QED) is 0.828. The highest BCUT2D eigenvalue weighted by atomic mass is 127. The number of hydrogen-bond donors (Lipinski definition) is 1. The van der Waals surface area contributed by atoms with Crippen LogP contribution in [0.3, 0.4) is 0 Å². The predicted octanol–water partition coefficient (Wildman–Crippen LogP) is 3.83. The first-order valence-corrected chi connectivity index (χ1v) is 6.35. The zero-order valence-electron chi connectivity index (χ0n) is 8.93. The van der Waals surface area contributed by atoms with Crippen LogP contribution in [0, 0.1) is 3.57 Å². The van der Waals surface area contributed by atoms with Crippen molar-refractivity contribution >= 4 is 40.2 Å². The number of carbonyl (C=O) groups is 1. The molecule has 0 aliphatic rings. The van der Waals surface area contributed by atoms with Gasteiger partial charge in [0.1, 0.15) is 10.8 Å². The lowest BCUT2D eigenvalue weighted by Gasteiger charge is -2.09. The summed E-state index contributed by atoms with van der Waals surface area (Å²) in [6, 6.07) is 8.63. The fourth-order valence-electron chi connectivity index (χ4n) is 1.29. The van der Waals surface area contributed by atoms with E-state index in [9.17, 15) is 4.79 Å². The third-order valence-electron chi connectivity index (χ3n) is 2.13. The van der Waals surface area contributed by atoms with E-state index in [1.54, 1.807) is 6.07 Å². The van der Waals surface area contributed by atoms with Crippen LogP contribution < -0.4 is 4.74 Å². The van der Waals surface area contributed by atoms with E-state index in [1.807, 2.05) is 18.2 Å². The number of benzene rings is 1. The van der Waals surface area contributed by atoms with Crippen molar-refractivity contribution < 1.29 is 14.6 Å². The molecule has 2 rings (SSSR count). The van der Waals surface area contributed by atoms with Crippen LogP contribution in [0.15, 0.2) is 36.5 Å². The summed E-state index contributed by atoms with van der Waals surface area (Å²) >= 11 is 8.04. The van der Waals surface area contributed by atoms with E-state index in [2.05, 4.69) is 27.6 Å². The summed E-state index contributed by atoms with van der Waals surface area (Å²) in [4.78, 5) is 14.9. The van der Waals surface area contributed by atoms with Crippen LogP contribution in [0.25, 0.3) is 0 Å². The summed E-state index contributed by atoms with van der Waals surface area (Å²) in [5, 5.41) is 8.93. The molecule has 92 valence electrons. The zero-order valence-corrected chi connectivity index (χ0v) is 11.8. The number of nitrogens with zero attached hydrogens (tertiary/aromatic N) is 1. The molecular weight excluding hydrogens is 368 g/mol. The molecule has 0 spiro atoms. The second kappa shape index (κ2) is 5.53. The van der Waals surface area contributed by atoms with Gasteiger partial charge in [-0.15, -0.1) is 0 Å². The molecule has 0 aliphatic carbocycles. The van der Waals surface area contributed by atoms with Crippen molar-refractivity contribution in [3.63, 3.8) is 0 Å². The Balaban J connectivity index is 2.39. The van der Waals surface area contributed by atoms with Crippen molar-refractivity contribution in [1.29, 1.82) is 0 Å². The van der Waals surface area contributed by atoms with Crippen LogP contribution in [0.5, 0.6) is 11.6 Å². The Labute approximate surface area is 122 Å². The highest BCUT2D eigenvalue weighted by Gasteiger charge is 2.15. The van der Waals surface area contributed by atoms with Crippen molar-refractivity contribution in [3.05, 3.63) is 50.7 Å². The molecule has 2 aromatic rings. The fourth-order valence-corrected chi connectivity index (χ4v) is 2.02. The van der Waals surface area contributed by atoms with Crippen molar-refractivity contribution in [2.75, 3.05) is 0 Å². The first kappa shape index (κ1) is 13.1. The van der Waals surface area contributed by atoms with Gasteiger partial charge in [0.25, 0.3) is 0 Å². The van der Waals surface area contributed by atoms with Crippen LogP contribution in [-0.2, 0) is 0 Å². The number of carboxylic acids is 1. The van der Waals surface area contributed by atoms with Gasteiger partial charge in [-0.2, -0.15) is 0 Å². The number of rotatable bonds is 3. The zero-order chi connectivity index (χ0) is 13.1. The summed E-state index contributed by atoms with van der Waals surface area (Å²) in [7, 11) is 0. The molecule has 0 unspecified atom stereocenters. The summed E-state index contributed by atoms with van der Waals surface area (Å²) < 4.78 is 6.40. The topological polar surface area (TPSA) is 59.4 Å². The van der Waals surface area contributed by atoms with E-state index in [1.165, 1.54) is 12.3 Å². The highest BCUT2D eigenvalue weighted by molar-refractivity contribution is 14.1. The van der Waals surface area contributed by atoms with Crippen LogP contribution in [0.1, 0.15) is 10.4 Å². The van der Waals surface area contributed by atoms with Crippen molar-refractivity contribution in [3.8, 4) is 11.6 Å². The summed E-state index contributed by atoms with van der Waals surface area (Å²) in [5.74, 6) is -0.453. The molecule has 0 atom stereocenters. The first-order valence-electron chi connectivity index (χ1n) is 4.90. The minimum absolute atomic E-state index is 0.00958. The van der Waals surface area contributed by atoms with Gasteiger partial charge >= 0.3 is 5.97 Å². The van der Waals surface area contributed by atoms with Crippen LogP contribution in [0.4, 0.5) is 0 Å². The van der Waals surface area contributed by atoms with E-state index in [0.29, 0.717) is 5.75 Å². The summed E-state index contributed by atoms with van der Waals surface area (Å²) in [6.07, 6.45) is 1.35. The number of halogens is 2. The van der Waals surface area contributed by atoms with Crippen LogP contribution in [-0.4, -0.2) is 16.1 Å². The van der Waals surface area contributed by atoms with Crippen LogP contribution in [0.2, 0.25) is 5.02 Å². The Morgan fingerprint density at radius 2 is 2.06 bits per heavy atom. The van der Waals surface area contributed by atoms with E-state index in [-0.39, 0.29) is 16.5 Å². The van der Waals surface area contributed by atoms with Gasteiger partial charge in [0.05, 0.1) is 9.13 Å². The number of ether oxygens (including phenoxy) is 1. The SMILES string of the molecule is O=C(O)c1ccnc(Oc2ccccc2I)c1Cl. The lowest BCUT2D eigenvalue weighted by molar-refractivity contribution is 0.0696.